The molecule has 1 heterocycles. The van der Waals surface area contributed by atoms with E-state index in [1.165, 1.54) is 6.26 Å². The third-order valence-electron chi connectivity index (χ3n) is 2.27. The van der Waals surface area contributed by atoms with Crippen molar-refractivity contribution in [3.8, 4) is 0 Å². The van der Waals surface area contributed by atoms with Crippen LogP contribution in [0.25, 0.3) is 0 Å². The summed E-state index contributed by atoms with van der Waals surface area (Å²) in [7, 11) is 0. The Balaban J connectivity index is 2.58. The highest BCUT2D eigenvalue weighted by Crippen LogP contribution is 2.07. The molecule has 3 N–H and O–H groups in total. The van der Waals surface area contributed by atoms with E-state index in [1.54, 1.807) is 13.0 Å². The fraction of sp³-hybridized carbons (Fsp3) is 0.455. The van der Waals surface area contributed by atoms with Crippen molar-refractivity contribution in [2.24, 2.45) is 5.73 Å². The molecule has 1 amide bonds. The van der Waals surface area contributed by atoms with Crippen molar-refractivity contribution >= 4 is 23.1 Å². The van der Waals surface area contributed by atoms with Gasteiger partial charge in [-0.05, 0) is 19.4 Å². The Labute approximate surface area is 100 Å². The minimum Gasteiger partial charge on any atom is -0.469 e. The van der Waals surface area contributed by atoms with Gasteiger partial charge in [0.15, 0.2) is 0 Å². The first-order valence-electron chi connectivity index (χ1n) is 5.17. The van der Waals surface area contributed by atoms with Gasteiger partial charge in [-0.3, -0.25) is 4.79 Å². The summed E-state index contributed by atoms with van der Waals surface area (Å²) in [6.45, 7) is 3.77. The third-order valence-corrected chi connectivity index (χ3v) is 2.44. The molecule has 0 fully saturated rings. The van der Waals surface area contributed by atoms with Crippen molar-refractivity contribution in [2.75, 3.05) is 0 Å². The van der Waals surface area contributed by atoms with Gasteiger partial charge in [0.25, 0.3) is 5.91 Å². The van der Waals surface area contributed by atoms with Crippen molar-refractivity contribution in [2.45, 2.75) is 32.7 Å². The maximum Gasteiger partial charge on any atom is 0.254 e. The first kappa shape index (κ1) is 12.7. The smallest absolute Gasteiger partial charge is 0.254 e. The monoisotopic (exact) mass is 240 g/mol. The Morgan fingerprint density at radius 2 is 2.38 bits per heavy atom. The van der Waals surface area contributed by atoms with Crippen LogP contribution in [0.15, 0.2) is 16.7 Å². The zero-order chi connectivity index (χ0) is 12.1. The molecule has 0 aromatic carbocycles. The number of nitrogens with two attached hydrogens (primary N) is 1. The molecule has 0 bridgehead atoms. The largest absolute Gasteiger partial charge is 0.469 e. The van der Waals surface area contributed by atoms with E-state index in [1.807, 2.05) is 6.92 Å². The predicted molar refractivity (Wildman–Crippen MR) is 66.4 cm³/mol. The number of hydrogen-bond donors (Lipinski definition) is 2. The quantitative estimate of drug-likeness (QED) is 0.770. The highest BCUT2D eigenvalue weighted by atomic mass is 32.1. The lowest BCUT2D eigenvalue weighted by atomic mass is 10.1. The van der Waals surface area contributed by atoms with Gasteiger partial charge in [0.2, 0.25) is 0 Å². The molecule has 88 valence electrons. The summed E-state index contributed by atoms with van der Waals surface area (Å²) in [5.41, 5.74) is 5.98. The van der Waals surface area contributed by atoms with E-state index < -0.39 is 0 Å². The topological polar surface area (TPSA) is 68.3 Å². The fourth-order valence-electron chi connectivity index (χ4n) is 1.37. The van der Waals surface area contributed by atoms with E-state index in [0.717, 1.165) is 6.42 Å². The van der Waals surface area contributed by atoms with E-state index in [4.69, 9.17) is 22.4 Å². The lowest BCUT2D eigenvalue weighted by Gasteiger charge is -2.15. The number of thiocarbonyl (C=S) groups is 1. The summed E-state index contributed by atoms with van der Waals surface area (Å²) in [5, 5.41) is 2.86. The normalized spacial score (nSPS) is 12.1. The van der Waals surface area contributed by atoms with Gasteiger partial charge in [0.1, 0.15) is 12.0 Å². The summed E-state index contributed by atoms with van der Waals surface area (Å²) in [4.78, 5) is 12.2. The highest BCUT2D eigenvalue weighted by molar-refractivity contribution is 7.80. The molecule has 0 radical (unpaired) electrons. The first-order valence-corrected chi connectivity index (χ1v) is 5.58. The van der Waals surface area contributed by atoms with E-state index in [9.17, 15) is 4.79 Å². The summed E-state index contributed by atoms with van der Waals surface area (Å²) in [5.74, 6) is 0.562. The van der Waals surface area contributed by atoms with Gasteiger partial charge in [-0.1, -0.05) is 19.1 Å². The molecule has 1 rings (SSSR count). The number of hydrogen-bond acceptors (Lipinski definition) is 3. The van der Waals surface area contributed by atoms with Crippen LogP contribution in [0, 0.1) is 6.92 Å². The summed E-state index contributed by atoms with van der Waals surface area (Å²) in [6, 6.07) is 1.68. The molecular formula is C11H16N2O2S. The Morgan fingerprint density at radius 1 is 1.69 bits per heavy atom. The molecule has 0 saturated carbocycles. The van der Waals surface area contributed by atoms with Gasteiger partial charge in [-0.15, -0.1) is 0 Å². The predicted octanol–water partition coefficient (Wildman–Crippen LogP) is 1.77. The molecule has 1 unspecified atom stereocenters. The second-order valence-electron chi connectivity index (χ2n) is 3.70. The van der Waals surface area contributed by atoms with Crippen molar-refractivity contribution in [1.29, 1.82) is 0 Å². The zero-order valence-corrected chi connectivity index (χ0v) is 10.3. The fourth-order valence-corrected chi connectivity index (χ4v) is 1.57. The average Bonchev–Trinajstić information content (AvgIpc) is 2.63. The number of nitrogens with one attached hydrogen (secondary N) is 1. The number of rotatable bonds is 5. The van der Waals surface area contributed by atoms with Crippen molar-refractivity contribution < 1.29 is 9.21 Å². The van der Waals surface area contributed by atoms with Gasteiger partial charge >= 0.3 is 0 Å². The lowest BCUT2D eigenvalue weighted by molar-refractivity contribution is 0.0936. The summed E-state index contributed by atoms with van der Waals surface area (Å²) >= 11 is 4.82. The van der Waals surface area contributed by atoms with Gasteiger partial charge in [-0.25, -0.2) is 0 Å². The molecule has 0 saturated heterocycles. The molecule has 1 aromatic heterocycles. The molecule has 0 aliphatic carbocycles. The van der Waals surface area contributed by atoms with Crippen molar-refractivity contribution in [3.05, 3.63) is 23.7 Å². The molecular weight excluding hydrogens is 224 g/mol. The standard InChI is InChI=1S/C11H16N2O2S/c1-3-9(5-10(12)16)13-11(14)8-4-7(2)15-6-8/h4,6,9H,3,5H2,1-2H3,(H2,12,16)(H,13,14). The summed E-state index contributed by atoms with van der Waals surface area (Å²) < 4.78 is 5.07. The minimum atomic E-state index is -0.153. The van der Waals surface area contributed by atoms with Crippen LogP contribution < -0.4 is 11.1 Å². The second-order valence-corrected chi connectivity index (χ2v) is 4.22. The van der Waals surface area contributed by atoms with Crippen LogP contribution in [-0.4, -0.2) is 16.9 Å². The van der Waals surface area contributed by atoms with Crippen LogP contribution in [0.3, 0.4) is 0 Å². The maximum atomic E-state index is 11.8. The van der Waals surface area contributed by atoms with E-state index >= 15 is 0 Å². The second kappa shape index (κ2) is 5.65. The van der Waals surface area contributed by atoms with Gasteiger partial charge in [0, 0.05) is 12.5 Å². The van der Waals surface area contributed by atoms with Crippen LogP contribution in [0.4, 0.5) is 0 Å². The van der Waals surface area contributed by atoms with Crippen LogP contribution in [-0.2, 0) is 0 Å². The SMILES string of the molecule is CCC(CC(N)=S)NC(=O)c1coc(C)c1. The van der Waals surface area contributed by atoms with Crippen LogP contribution >= 0.6 is 12.2 Å². The van der Waals surface area contributed by atoms with Crippen LogP contribution in [0.1, 0.15) is 35.9 Å². The van der Waals surface area contributed by atoms with E-state index in [0.29, 0.717) is 22.7 Å². The Kier molecular flexibility index (Phi) is 4.49. The number of carbonyl (C=O) groups is 1. The third kappa shape index (κ3) is 3.66. The molecule has 16 heavy (non-hydrogen) atoms. The molecule has 0 aliphatic heterocycles. The minimum absolute atomic E-state index is 0.0137. The number of carbonyl (C=O) groups excluding carboxylic acids is 1. The molecule has 5 heteroatoms. The first-order chi connectivity index (χ1) is 7.52. The van der Waals surface area contributed by atoms with E-state index in [2.05, 4.69) is 5.32 Å². The summed E-state index contributed by atoms with van der Waals surface area (Å²) in [6.07, 6.45) is 2.76. The van der Waals surface area contributed by atoms with Gasteiger partial charge in [0.05, 0.1) is 10.6 Å². The highest BCUT2D eigenvalue weighted by Gasteiger charge is 2.14. The van der Waals surface area contributed by atoms with E-state index in [-0.39, 0.29) is 11.9 Å². The Bertz CT molecular complexity index is 387. The molecule has 4 nitrogen and oxygen atoms in total. The zero-order valence-electron chi connectivity index (χ0n) is 9.45. The molecule has 0 spiro atoms. The average molecular weight is 240 g/mol. The molecule has 1 aromatic rings. The van der Waals surface area contributed by atoms with Crippen LogP contribution in [0.2, 0.25) is 0 Å². The molecule has 1 atom stereocenters. The number of amides is 1. The Hall–Kier alpha value is -1.36. The van der Waals surface area contributed by atoms with Crippen molar-refractivity contribution in [1.82, 2.24) is 5.32 Å². The van der Waals surface area contributed by atoms with Crippen LogP contribution in [0.5, 0.6) is 0 Å². The molecule has 0 aliphatic rings. The number of furan rings is 1. The number of aryl methyl sites for hydroxylation is 1. The van der Waals surface area contributed by atoms with Crippen molar-refractivity contribution in [3.63, 3.8) is 0 Å². The lowest BCUT2D eigenvalue weighted by Crippen LogP contribution is -2.36. The Morgan fingerprint density at radius 3 is 2.81 bits per heavy atom. The van der Waals surface area contributed by atoms with Gasteiger partial charge in [-0.2, -0.15) is 0 Å². The maximum absolute atomic E-state index is 11.8. The van der Waals surface area contributed by atoms with Gasteiger partial charge < -0.3 is 15.5 Å².